The molecule has 98 valence electrons. The second-order valence-electron chi connectivity index (χ2n) is 4.23. The monoisotopic (exact) mass is 320 g/mol. The van der Waals surface area contributed by atoms with E-state index < -0.39 is 0 Å². The smallest absolute Gasteiger partial charge is 0.283 e. The van der Waals surface area contributed by atoms with Gasteiger partial charge >= 0.3 is 0 Å². The number of halogens is 1. The number of hydrogen-bond donors (Lipinski definition) is 0. The molecule has 5 heteroatoms. The van der Waals surface area contributed by atoms with E-state index in [1.165, 1.54) is 0 Å². The van der Waals surface area contributed by atoms with Crippen LogP contribution in [0.2, 0.25) is 0 Å². The van der Waals surface area contributed by atoms with E-state index in [1.807, 2.05) is 48.3 Å². The molecule has 0 saturated heterocycles. The molecule has 0 fully saturated rings. The maximum Gasteiger partial charge on any atom is 0.283 e. The predicted molar refractivity (Wildman–Crippen MR) is 79.3 cm³/mol. The Morgan fingerprint density at radius 1 is 1.21 bits per heavy atom. The normalized spacial score (nSPS) is 10.2. The molecule has 0 bridgehead atoms. The zero-order chi connectivity index (χ0) is 13.8. The second kappa shape index (κ2) is 5.84. The Labute approximate surface area is 119 Å². The summed E-state index contributed by atoms with van der Waals surface area (Å²) in [7, 11) is 1.96. The average molecular weight is 321 g/mol. The van der Waals surface area contributed by atoms with Crippen LogP contribution in [0.5, 0.6) is 0 Å². The number of rotatable bonds is 4. The number of benzene rings is 2. The van der Waals surface area contributed by atoms with E-state index in [-0.39, 0.29) is 10.6 Å². The van der Waals surface area contributed by atoms with Gasteiger partial charge in [-0.15, -0.1) is 0 Å². The quantitative estimate of drug-likeness (QED) is 0.632. The van der Waals surface area contributed by atoms with Crippen LogP contribution in [0.3, 0.4) is 0 Å². The standard InChI is InChI=1S/C14H13BrN2O2/c1-16(12-5-3-2-4-6-12)10-11-7-8-13(15)14(9-11)17(18)19/h2-9H,10H2,1H3. The van der Waals surface area contributed by atoms with Crippen LogP contribution in [-0.4, -0.2) is 12.0 Å². The molecular formula is C14H13BrN2O2. The number of hydrogen-bond acceptors (Lipinski definition) is 3. The summed E-state index contributed by atoms with van der Waals surface area (Å²) in [5.74, 6) is 0. The molecule has 2 aromatic rings. The van der Waals surface area contributed by atoms with Crippen molar-refractivity contribution >= 4 is 27.3 Å². The molecule has 0 unspecified atom stereocenters. The Hall–Kier alpha value is -1.88. The van der Waals surface area contributed by atoms with Crippen LogP contribution in [0.1, 0.15) is 5.56 Å². The van der Waals surface area contributed by atoms with Crippen molar-refractivity contribution in [2.24, 2.45) is 0 Å². The molecular weight excluding hydrogens is 308 g/mol. The molecule has 0 aromatic heterocycles. The molecule has 0 saturated carbocycles. The third-order valence-corrected chi connectivity index (χ3v) is 3.49. The molecule has 0 aliphatic heterocycles. The molecule has 0 radical (unpaired) electrons. The van der Waals surface area contributed by atoms with Crippen LogP contribution < -0.4 is 4.90 Å². The molecule has 2 rings (SSSR count). The highest BCUT2D eigenvalue weighted by molar-refractivity contribution is 9.10. The fraction of sp³-hybridized carbons (Fsp3) is 0.143. The maximum atomic E-state index is 10.9. The van der Waals surface area contributed by atoms with Crippen molar-refractivity contribution in [2.75, 3.05) is 11.9 Å². The minimum absolute atomic E-state index is 0.0963. The van der Waals surface area contributed by atoms with E-state index in [9.17, 15) is 10.1 Å². The Balaban J connectivity index is 2.20. The van der Waals surface area contributed by atoms with Gasteiger partial charge in [0.1, 0.15) is 0 Å². The van der Waals surface area contributed by atoms with Gasteiger partial charge < -0.3 is 4.90 Å². The molecule has 4 nitrogen and oxygen atoms in total. The van der Waals surface area contributed by atoms with Gasteiger partial charge in [0.15, 0.2) is 0 Å². The zero-order valence-corrected chi connectivity index (χ0v) is 12.0. The number of para-hydroxylation sites is 1. The number of nitrogens with zero attached hydrogens (tertiary/aromatic N) is 2. The lowest BCUT2D eigenvalue weighted by molar-refractivity contribution is -0.385. The predicted octanol–water partition coefficient (Wildman–Crippen LogP) is 3.99. The Morgan fingerprint density at radius 2 is 1.89 bits per heavy atom. The summed E-state index contributed by atoms with van der Waals surface area (Å²) in [5, 5.41) is 10.9. The highest BCUT2D eigenvalue weighted by atomic mass is 79.9. The number of nitro groups is 1. The molecule has 0 N–H and O–H groups in total. The average Bonchev–Trinajstić information content (AvgIpc) is 2.41. The fourth-order valence-corrected chi connectivity index (χ4v) is 2.24. The Kier molecular flexibility index (Phi) is 4.16. The van der Waals surface area contributed by atoms with Crippen LogP contribution >= 0.6 is 15.9 Å². The van der Waals surface area contributed by atoms with E-state index >= 15 is 0 Å². The molecule has 2 aromatic carbocycles. The van der Waals surface area contributed by atoms with Gasteiger partial charge in [-0.1, -0.05) is 24.3 Å². The first-order valence-corrected chi connectivity index (χ1v) is 6.56. The van der Waals surface area contributed by atoms with E-state index in [4.69, 9.17) is 0 Å². The minimum Gasteiger partial charge on any atom is -0.370 e. The third kappa shape index (κ3) is 3.32. The molecule has 0 amide bonds. The molecule has 0 aliphatic carbocycles. The van der Waals surface area contributed by atoms with Gasteiger partial charge in [-0.05, 0) is 39.7 Å². The van der Waals surface area contributed by atoms with Crippen LogP contribution in [0.15, 0.2) is 53.0 Å². The van der Waals surface area contributed by atoms with E-state index in [2.05, 4.69) is 15.9 Å². The van der Waals surface area contributed by atoms with Crippen LogP contribution in [0.4, 0.5) is 11.4 Å². The first-order valence-electron chi connectivity index (χ1n) is 5.77. The lowest BCUT2D eigenvalue weighted by Gasteiger charge is -2.19. The van der Waals surface area contributed by atoms with Crippen LogP contribution in [0, 0.1) is 10.1 Å². The zero-order valence-electron chi connectivity index (χ0n) is 10.4. The van der Waals surface area contributed by atoms with Crippen LogP contribution in [0.25, 0.3) is 0 Å². The Bertz CT molecular complexity index is 587. The van der Waals surface area contributed by atoms with Crippen molar-refractivity contribution in [3.8, 4) is 0 Å². The van der Waals surface area contributed by atoms with Gasteiger partial charge in [-0.3, -0.25) is 10.1 Å². The summed E-state index contributed by atoms with van der Waals surface area (Å²) in [6, 6.07) is 15.1. The van der Waals surface area contributed by atoms with Gasteiger partial charge in [0.2, 0.25) is 0 Å². The van der Waals surface area contributed by atoms with Crippen molar-refractivity contribution < 1.29 is 4.92 Å². The van der Waals surface area contributed by atoms with Gasteiger partial charge in [-0.25, -0.2) is 0 Å². The summed E-state index contributed by atoms with van der Waals surface area (Å²) in [4.78, 5) is 12.6. The maximum absolute atomic E-state index is 10.9. The molecule has 19 heavy (non-hydrogen) atoms. The molecule has 0 atom stereocenters. The summed E-state index contributed by atoms with van der Waals surface area (Å²) in [6.45, 7) is 0.623. The molecule has 0 heterocycles. The molecule has 0 spiro atoms. The van der Waals surface area contributed by atoms with E-state index in [0.29, 0.717) is 11.0 Å². The van der Waals surface area contributed by atoms with Gasteiger partial charge in [0, 0.05) is 25.3 Å². The van der Waals surface area contributed by atoms with E-state index in [0.717, 1.165) is 11.3 Å². The first-order chi connectivity index (χ1) is 9.08. The lowest BCUT2D eigenvalue weighted by atomic mass is 10.2. The van der Waals surface area contributed by atoms with Crippen molar-refractivity contribution in [3.63, 3.8) is 0 Å². The third-order valence-electron chi connectivity index (χ3n) is 2.82. The largest absolute Gasteiger partial charge is 0.370 e. The first kappa shape index (κ1) is 13.5. The minimum atomic E-state index is -0.379. The summed E-state index contributed by atoms with van der Waals surface area (Å²) < 4.78 is 0.503. The lowest BCUT2D eigenvalue weighted by Crippen LogP contribution is -2.16. The summed E-state index contributed by atoms with van der Waals surface area (Å²) in [5.41, 5.74) is 2.08. The van der Waals surface area contributed by atoms with Crippen molar-refractivity contribution in [1.29, 1.82) is 0 Å². The fourth-order valence-electron chi connectivity index (χ4n) is 1.84. The van der Waals surface area contributed by atoms with Crippen molar-refractivity contribution in [1.82, 2.24) is 0 Å². The Morgan fingerprint density at radius 3 is 2.53 bits per heavy atom. The van der Waals surface area contributed by atoms with Gasteiger partial charge in [-0.2, -0.15) is 0 Å². The summed E-state index contributed by atoms with van der Waals surface area (Å²) in [6.07, 6.45) is 0. The second-order valence-corrected chi connectivity index (χ2v) is 5.09. The highest BCUT2D eigenvalue weighted by Gasteiger charge is 2.13. The van der Waals surface area contributed by atoms with Gasteiger partial charge in [0.05, 0.1) is 9.40 Å². The SMILES string of the molecule is CN(Cc1ccc(Br)c([N+](=O)[O-])c1)c1ccccc1. The summed E-state index contributed by atoms with van der Waals surface area (Å²) >= 11 is 3.19. The molecule has 0 aliphatic rings. The van der Waals surface area contributed by atoms with E-state index in [1.54, 1.807) is 12.1 Å². The number of nitro benzene ring substituents is 1. The van der Waals surface area contributed by atoms with Crippen molar-refractivity contribution in [2.45, 2.75) is 6.54 Å². The number of anilines is 1. The van der Waals surface area contributed by atoms with Gasteiger partial charge in [0.25, 0.3) is 5.69 Å². The topological polar surface area (TPSA) is 46.4 Å². The highest BCUT2D eigenvalue weighted by Crippen LogP contribution is 2.26. The van der Waals surface area contributed by atoms with Crippen LogP contribution in [-0.2, 0) is 6.54 Å². The van der Waals surface area contributed by atoms with Crippen molar-refractivity contribution in [3.05, 3.63) is 68.7 Å².